The largest absolute Gasteiger partial charge is 0.401 e. The van der Waals surface area contributed by atoms with E-state index in [0.717, 1.165) is 0 Å². The Kier molecular flexibility index (Phi) is 5.01. The lowest BCUT2D eigenvalue weighted by Gasteiger charge is -2.36. The first-order valence-corrected chi connectivity index (χ1v) is 7.44. The molecule has 2 nitrogen and oxygen atoms in total. The Hall–Kier alpha value is -1.28. The zero-order chi connectivity index (χ0) is 16.6. The van der Waals surface area contributed by atoms with Gasteiger partial charge in [0.15, 0.2) is 23.3 Å². The lowest BCUT2D eigenvalue weighted by molar-refractivity contribution is 0.301. The maximum Gasteiger partial charge on any atom is 0.200 e. The maximum absolute atomic E-state index is 13.8. The summed E-state index contributed by atoms with van der Waals surface area (Å²) in [6.07, 6.45) is 2.34. The van der Waals surface area contributed by atoms with Gasteiger partial charge in [0.1, 0.15) is 4.90 Å². The molecule has 0 saturated heterocycles. The fraction of sp³-hybridized carbons (Fsp3) is 0.429. The van der Waals surface area contributed by atoms with Gasteiger partial charge < -0.3 is 5.73 Å². The molecule has 0 amide bonds. The van der Waals surface area contributed by atoms with Crippen molar-refractivity contribution >= 4 is 11.9 Å². The summed E-state index contributed by atoms with van der Waals surface area (Å²) in [5.74, 6) is -9.66. The van der Waals surface area contributed by atoms with Crippen LogP contribution in [0.2, 0.25) is 0 Å². The number of rotatable bonds is 3. The van der Waals surface area contributed by atoms with Crippen LogP contribution in [0.25, 0.3) is 0 Å². The van der Waals surface area contributed by atoms with Crippen LogP contribution in [0.1, 0.15) is 20.3 Å². The van der Waals surface area contributed by atoms with Crippen LogP contribution in [-0.2, 0) is 0 Å². The number of nitrogens with zero attached hydrogens (tertiary/aromatic N) is 1. The van der Waals surface area contributed by atoms with E-state index in [2.05, 4.69) is 0 Å². The van der Waals surface area contributed by atoms with Gasteiger partial charge in [-0.05, 0) is 24.3 Å². The van der Waals surface area contributed by atoms with E-state index >= 15 is 0 Å². The Morgan fingerprint density at radius 3 is 2.05 bits per heavy atom. The third-order valence-corrected chi connectivity index (χ3v) is 4.58. The van der Waals surface area contributed by atoms with E-state index < -0.39 is 34.0 Å². The van der Waals surface area contributed by atoms with Crippen LogP contribution in [0.5, 0.6) is 0 Å². The molecule has 1 aromatic carbocycles. The summed E-state index contributed by atoms with van der Waals surface area (Å²) in [5.41, 5.74) is 6.42. The van der Waals surface area contributed by atoms with Gasteiger partial charge in [-0.3, -0.25) is 0 Å². The Balaban J connectivity index is 2.41. The highest BCUT2D eigenvalue weighted by molar-refractivity contribution is 7.97. The van der Waals surface area contributed by atoms with Gasteiger partial charge in [-0.1, -0.05) is 19.9 Å². The van der Waals surface area contributed by atoms with E-state index in [1.807, 2.05) is 13.8 Å². The topological polar surface area (TPSA) is 29.3 Å². The van der Waals surface area contributed by atoms with Crippen LogP contribution in [0, 0.1) is 35.0 Å². The van der Waals surface area contributed by atoms with Crippen LogP contribution in [0.15, 0.2) is 16.7 Å². The molecule has 0 radical (unpaired) electrons. The van der Waals surface area contributed by atoms with E-state index in [0.29, 0.717) is 30.6 Å². The van der Waals surface area contributed by atoms with Crippen molar-refractivity contribution in [3.05, 3.63) is 40.9 Å². The van der Waals surface area contributed by atoms with E-state index in [4.69, 9.17) is 5.73 Å². The summed E-state index contributed by atoms with van der Waals surface area (Å²) in [7, 11) is 0. The molecule has 1 aliphatic heterocycles. The molecule has 122 valence electrons. The molecule has 1 aliphatic rings. The molecule has 1 aromatic rings. The second-order valence-electron chi connectivity index (χ2n) is 5.31. The highest BCUT2D eigenvalue weighted by atomic mass is 32.2. The first kappa shape index (κ1) is 17.1. The molecular formula is C14H15F5N2S. The normalized spacial score (nSPS) is 19.6. The Morgan fingerprint density at radius 1 is 1.05 bits per heavy atom. The molecule has 1 unspecified atom stereocenters. The van der Waals surface area contributed by atoms with Crippen LogP contribution in [-0.4, -0.2) is 16.9 Å². The van der Waals surface area contributed by atoms with Gasteiger partial charge in [0.05, 0.1) is 6.04 Å². The molecule has 0 fully saturated rings. The number of hydrogen-bond acceptors (Lipinski definition) is 3. The van der Waals surface area contributed by atoms with Crippen LogP contribution in [0.4, 0.5) is 22.0 Å². The lowest BCUT2D eigenvalue weighted by atomic mass is 9.98. The Bertz CT molecular complexity index is 589. The quantitative estimate of drug-likeness (QED) is 0.391. The minimum atomic E-state index is -2.15. The molecule has 2 rings (SSSR count). The smallest absolute Gasteiger partial charge is 0.200 e. The van der Waals surface area contributed by atoms with Crippen molar-refractivity contribution in [2.24, 2.45) is 11.7 Å². The van der Waals surface area contributed by atoms with E-state index in [1.165, 1.54) is 0 Å². The monoisotopic (exact) mass is 338 g/mol. The standard InChI is InChI=1S/C14H15F5N2S/c1-6(2)13-7(20)4-3-5-21(13)22-14-11(18)9(16)8(15)10(17)12(14)19/h4,6,13H,3,5,20H2,1-2H3. The number of halogens is 5. The average molecular weight is 338 g/mol. The first-order chi connectivity index (χ1) is 10.3. The summed E-state index contributed by atoms with van der Waals surface area (Å²) in [6, 6.07) is -0.339. The van der Waals surface area contributed by atoms with E-state index in [9.17, 15) is 22.0 Å². The second kappa shape index (κ2) is 6.45. The predicted molar refractivity (Wildman–Crippen MR) is 74.3 cm³/mol. The molecule has 0 spiro atoms. The lowest BCUT2D eigenvalue weighted by Crippen LogP contribution is -2.41. The molecule has 0 aromatic heterocycles. The van der Waals surface area contributed by atoms with Crippen LogP contribution in [0.3, 0.4) is 0 Å². The molecule has 0 bridgehead atoms. The van der Waals surface area contributed by atoms with Gasteiger partial charge >= 0.3 is 0 Å². The summed E-state index contributed by atoms with van der Waals surface area (Å²) in [4.78, 5) is -0.906. The van der Waals surface area contributed by atoms with Crippen molar-refractivity contribution in [3.63, 3.8) is 0 Å². The van der Waals surface area contributed by atoms with E-state index in [-0.39, 0.29) is 12.0 Å². The molecule has 1 atom stereocenters. The number of nitrogens with two attached hydrogens (primary N) is 1. The number of hydrogen-bond donors (Lipinski definition) is 1. The summed E-state index contributed by atoms with van der Waals surface area (Å²) in [5, 5.41) is 0. The molecular weight excluding hydrogens is 323 g/mol. The van der Waals surface area contributed by atoms with Crippen molar-refractivity contribution in [2.45, 2.75) is 31.2 Å². The van der Waals surface area contributed by atoms with Gasteiger partial charge in [0, 0.05) is 12.2 Å². The van der Waals surface area contributed by atoms with Gasteiger partial charge in [-0.25, -0.2) is 26.3 Å². The summed E-state index contributed by atoms with van der Waals surface area (Å²) < 4.78 is 68.7. The number of benzene rings is 1. The summed E-state index contributed by atoms with van der Waals surface area (Å²) in [6.45, 7) is 4.12. The SMILES string of the molecule is CC(C)C1C(N)=CCCN1Sc1c(F)c(F)c(F)c(F)c1F. The van der Waals surface area contributed by atoms with Crippen molar-refractivity contribution in [2.75, 3.05) is 6.54 Å². The van der Waals surface area contributed by atoms with Crippen molar-refractivity contribution in [1.29, 1.82) is 0 Å². The molecule has 2 N–H and O–H groups in total. The molecule has 0 saturated carbocycles. The highest BCUT2D eigenvalue weighted by Crippen LogP contribution is 2.37. The van der Waals surface area contributed by atoms with Crippen LogP contribution < -0.4 is 5.73 Å². The highest BCUT2D eigenvalue weighted by Gasteiger charge is 2.32. The van der Waals surface area contributed by atoms with Crippen LogP contribution >= 0.6 is 11.9 Å². The van der Waals surface area contributed by atoms with Gasteiger partial charge in [0.2, 0.25) is 5.82 Å². The van der Waals surface area contributed by atoms with Gasteiger partial charge in [0.25, 0.3) is 0 Å². The Labute approximate surface area is 129 Å². The minimum Gasteiger partial charge on any atom is -0.401 e. The third-order valence-electron chi connectivity index (χ3n) is 3.39. The predicted octanol–water partition coefficient (Wildman–Crippen LogP) is 3.96. The maximum atomic E-state index is 13.8. The third kappa shape index (κ3) is 2.94. The van der Waals surface area contributed by atoms with Crippen molar-refractivity contribution in [3.8, 4) is 0 Å². The fourth-order valence-corrected chi connectivity index (χ4v) is 3.64. The fourth-order valence-electron chi connectivity index (χ4n) is 2.39. The molecule has 22 heavy (non-hydrogen) atoms. The van der Waals surface area contributed by atoms with E-state index in [1.54, 1.807) is 10.4 Å². The second-order valence-corrected chi connectivity index (χ2v) is 6.37. The zero-order valence-corrected chi connectivity index (χ0v) is 12.8. The molecule has 0 aliphatic carbocycles. The summed E-state index contributed by atoms with van der Waals surface area (Å²) >= 11 is 0.511. The average Bonchev–Trinajstić information content (AvgIpc) is 2.47. The molecule has 8 heteroatoms. The Morgan fingerprint density at radius 2 is 1.55 bits per heavy atom. The van der Waals surface area contributed by atoms with Crippen molar-refractivity contribution < 1.29 is 22.0 Å². The minimum absolute atomic E-state index is 0.0188. The van der Waals surface area contributed by atoms with Gasteiger partial charge in [-0.2, -0.15) is 0 Å². The van der Waals surface area contributed by atoms with Gasteiger partial charge in [-0.15, -0.1) is 0 Å². The zero-order valence-electron chi connectivity index (χ0n) is 12.0. The molecule has 1 heterocycles. The first-order valence-electron chi connectivity index (χ1n) is 6.67. The van der Waals surface area contributed by atoms with Crippen molar-refractivity contribution in [1.82, 2.24) is 4.31 Å².